The highest BCUT2D eigenvalue weighted by Gasteiger charge is 2.09. The van der Waals surface area contributed by atoms with Crippen molar-refractivity contribution in [2.75, 3.05) is 13.1 Å². The van der Waals surface area contributed by atoms with E-state index in [-0.39, 0.29) is 0 Å². The molecule has 0 bridgehead atoms. The van der Waals surface area contributed by atoms with E-state index in [1.807, 2.05) is 18.7 Å². The molecule has 0 aromatic heterocycles. The van der Waals surface area contributed by atoms with Gasteiger partial charge in [-0.2, -0.15) is 0 Å². The van der Waals surface area contributed by atoms with E-state index in [1.54, 1.807) is 0 Å². The molecule has 0 N–H and O–H groups in total. The SMILES string of the molecule is CCN(CC)C(=O)CCC(C)C. The Balaban J connectivity index is 3.69. The molecule has 0 aliphatic rings. The quantitative estimate of drug-likeness (QED) is 0.621. The number of rotatable bonds is 5. The first-order valence-electron chi connectivity index (χ1n) is 4.89. The Labute approximate surface area is 75.9 Å². The van der Waals surface area contributed by atoms with Crippen LogP contribution in [0.5, 0.6) is 0 Å². The lowest BCUT2D eigenvalue weighted by atomic mass is 10.1. The molecule has 0 aliphatic carbocycles. The molecule has 0 heterocycles. The van der Waals surface area contributed by atoms with Crippen LogP contribution in [0.25, 0.3) is 0 Å². The molecule has 2 nitrogen and oxygen atoms in total. The summed E-state index contributed by atoms with van der Waals surface area (Å²) in [5, 5.41) is 0. The zero-order chi connectivity index (χ0) is 9.56. The molecule has 1 amide bonds. The van der Waals surface area contributed by atoms with Crippen LogP contribution in [0.1, 0.15) is 40.5 Å². The highest BCUT2D eigenvalue weighted by atomic mass is 16.2. The number of carbonyl (C=O) groups is 1. The van der Waals surface area contributed by atoms with Gasteiger partial charge in [0.2, 0.25) is 5.91 Å². The zero-order valence-electron chi connectivity index (χ0n) is 8.76. The van der Waals surface area contributed by atoms with Crippen LogP contribution >= 0.6 is 0 Å². The summed E-state index contributed by atoms with van der Waals surface area (Å²) in [6.45, 7) is 10.0. The largest absolute Gasteiger partial charge is 0.343 e. The Morgan fingerprint density at radius 3 is 2.08 bits per heavy atom. The van der Waals surface area contributed by atoms with Crippen LogP contribution in [-0.4, -0.2) is 23.9 Å². The summed E-state index contributed by atoms with van der Waals surface area (Å²) in [5.74, 6) is 0.929. The van der Waals surface area contributed by atoms with Gasteiger partial charge in [0, 0.05) is 19.5 Å². The lowest BCUT2D eigenvalue weighted by Crippen LogP contribution is -2.30. The first-order chi connectivity index (χ1) is 5.61. The fourth-order valence-corrected chi connectivity index (χ4v) is 1.15. The normalized spacial score (nSPS) is 10.4. The second kappa shape index (κ2) is 6.04. The maximum Gasteiger partial charge on any atom is 0.222 e. The van der Waals surface area contributed by atoms with Gasteiger partial charge < -0.3 is 4.90 Å². The minimum absolute atomic E-state index is 0.300. The summed E-state index contributed by atoms with van der Waals surface area (Å²) in [6, 6.07) is 0. The molecule has 0 saturated heterocycles. The minimum Gasteiger partial charge on any atom is -0.343 e. The van der Waals surface area contributed by atoms with Gasteiger partial charge >= 0.3 is 0 Å². The van der Waals surface area contributed by atoms with E-state index in [2.05, 4.69) is 13.8 Å². The molecule has 2 heteroatoms. The summed E-state index contributed by atoms with van der Waals surface area (Å²) in [5.41, 5.74) is 0. The van der Waals surface area contributed by atoms with Crippen molar-refractivity contribution in [3.8, 4) is 0 Å². The lowest BCUT2D eigenvalue weighted by Gasteiger charge is -2.18. The summed E-state index contributed by atoms with van der Waals surface area (Å²) in [6.07, 6.45) is 1.72. The van der Waals surface area contributed by atoms with Crippen molar-refractivity contribution in [3.63, 3.8) is 0 Å². The molecule has 72 valence electrons. The van der Waals surface area contributed by atoms with E-state index in [4.69, 9.17) is 0 Å². The van der Waals surface area contributed by atoms with E-state index in [0.717, 1.165) is 19.5 Å². The van der Waals surface area contributed by atoms with Gasteiger partial charge in [0.1, 0.15) is 0 Å². The fraction of sp³-hybridized carbons (Fsp3) is 0.900. The molecular weight excluding hydrogens is 150 g/mol. The second-order valence-electron chi connectivity index (χ2n) is 3.50. The van der Waals surface area contributed by atoms with E-state index >= 15 is 0 Å². The van der Waals surface area contributed by atoms with Crippen LogP contribution in [0.15, 0.2) is 0 Å². The van der Waals surface area contributed by atoms with Crippen LogP contribution in [-0.2, 0) is 4.79 Å². The Morgan fingerprint density at radius 2 is 1.75 bits per heavy atom. The van der Waals surface area contributed by atoms with Gasteiger partial charge in [0.25, 0.3) is 0 Å². The van der Waals surface area contributed by atoms with Gasteiger partial charge in [0.15, 0.2) is 0 Å². The Kier molecular flexibility index (Phi) is 5.77. The molecule has 0 fully saturated rings. The summed E-state index contributed by atoms with van der Waals surface area (Å²) in [4.78, 5) is 13.3. The third kappa shape index (κ3) is 4.37. The van der Waals surface area contributed by atoms with Crippen LogP contribution in [0.4, 0.5) is 0 Å². The van der Waals surface area contributed by atoms with Gasteiger partial charge in [-0.25, -0.2) is 0 Å². The number of hydrogen-bond donors (Lipinski definition) is 0. The molecule has 0 atom stereocenters. The molecule has 0 rings (SSSR count). The fourth-order valence-electron chi connectivity index (χ4n) is 1.15. The van der Waals surface area contributed by atoms with Crippen molar-refractivity contribution in [2.45, 2.75) is 40.5 Å². The maximum atomic E-state index is 11.4. The maximum absolute atomic E-state index is 11.4. The molecule has 0 aromatic rings. The van der Waals surface area contributed by atoms with E-state index in [0.29, 0.717) is 18.2 Å². The monoisotopic (exact) mass is 171 g/mol. The zero-order valence-corrected chi connectivity index (χ0v) is 8.76. The number of hydrogen-bond acceptors (Lipinski definition) is 1. The highest BCUT2D eigenvalue weighted by molar-refractivity contribution is 5.76. The van der Waals surface area contributed by atoms with Crippen LogP contribution < -0.4 is 0 Å². The number of carbonyl (C=O) groups excluding carboxylic acids is 1. The van der Waals surface area contributed by atoms with E-state index in [9.17, 15) is 4.79 Å². The third-order valence-electron chi connectivity index (χ3n) is 2.05. The molecule has 0 aromatic carbocycles. The third-order valence-corrected chi connectivity index (χ3v) is 2.05. The molecule has 0 unspecified atom stereocenters. The van der Waals surface area contributed by atoms with Crippen molar-refractivity contribution >= 4 is 5.91 Å². The van der Waals surface area contributed by atoms with Crippen molar-refractivity contribution in [2.24, 2.45) is 5.92 Å². The summed E-state index contributed by atoms with van der Waals surface area (Å²) in [7, 11) is 0. The lowest BCUT2D eigenvalue weighted by molar-refractivity contribution is -0.131. The minimum atomic E-state index is 0.300. The predicted molar refractivity (Wildman–Crippen MR) is 52.0 cm³/mol. The van der Waals surface area contributed by atoms with Crippen LogP contribution in [0.3, 0.4) is 0 Å². The smallest absolute Gasteiger partial charge is 0.222 e. The average Bonchev–Trinajstić information content (AvgIpc) is 2.03. The van der Waals surface area contributed by atoms with Crippen molar-refractivity contribution in [1.82, 2.24) is 4.90 Å². The van der Waals surface area contributed by atoms with Gasteiger partial charge in [-0.05, 0) is 26.2 Å². The second-order valence-corrected chi connectivity index (χ2v) is 3.50. The number of nitrogens with zero attached hydrogens (tertiary/aromatic N) is 1. The Morgan fingerprint density at radius 1 is 1.25 bits per heavy atom. The first-order valence-corrected chi connectivity index (χ1v) is 4.89. The summed E-state index contributed by atoms with van der Waals surface area (Å²) >= 11 is 0. The molecule has 0 saturated carbocycles. The molecular formula is C10H21NO. The molecule has 0 aliphatic heterocycles. The van der Waals surface area contributed by atoms with E-state index < -0.39 is 0 Å². The molecule has 12 heavy (non-hydrogen) atoms. The average molecular weight is 171 g/mol. The van der Waals surface area contributed by atoms with Gasteiger partial charge in [-0.1, -0.05) is 13.8 Å². The van der Waals surface area contributed by atoms with Crippen molar-refractivity contribution in [1.29, 1.82) is 0 Å². The first kappa shape index (κ1) is 11.5. The standard InChI is InChI=1S/C10H21NO/c1-5-11(6-2)10(12)8-7-9(3)4/h9H,5-8H2,1-4H3. The van der Waals surface area contributed by atoms with Crippen molar-refractivity contribution in [3.05, 3.63) is 0 Å². The molecule has 0 spiro atoms. The Hall–Kier alpha value is -0.530. The highest BCUT2D eigenvalue weighted by Crippen LogP contribution is 2.05. The van der Waals surface area contributed by atoms with Crippen LogP contribution in [0, 0.1) is 5.92 Å². The molecule has 0 radical (unpaired) electrons. The van der Waals surface area contributed by atoms with Crippen LogP contribution in [0.2, 0.25) is 0 Å². The summed E-state index contributed by atoms with van der Waals surface area (Å²) < 4.78 is 0. The Bertz CT molecular complexity index is 128. The van der Waals surface area contributed by atoms with Crippen molar-refractivity contribution < 1.29 is 4.79 Å². The van der Waals surface area contributed by atoms with E-state index in [1.165, 1.54) is 0 Å². The number of amides is 1. The van der Waals surface area contributed by atoms with Gasteiger partial charge in [-0.3, -0.25) is 4.79 Å². The topological polar surface area (TPSA) is 20.3 Å². The van der Waals surface area contributed by atoms with Gasteiger partial charge in [-0.15, -0.1) is 0 Å². The van der Waals surface area contributed by atoms with Gasteiger partial charge in [0.05, 0.1) is 0 Å². The predicted octanol–water partition coefficient (Wildman–Crippen LogP) is 2.29.